The molecule has 1 aromatic heterocycles. The highest BCUT2D eigenvalue weighted by molar-refractivity contribution is 9.10. The first-order valence-corrected chi connectivity index (χ1v) is 7.83. The highest BCUT2D eigenvalue weighted by atomic mass is 79.9. The number of aromatic carboxylic acids is 1. The van der Waals surface area contributed by atoms with E-state index in [9.17, 15) is 4.79 Å². The highest BCUT2D eigenvalue weighted by Crippen LogP contribution is 2.24. The van der Waals surface area contributed by atoms with Crippen molar-refractivity contribution in [2.75, 3.05) is 7.05 Å². The first kappa shape index (κ1) is 15.2. The van der Waals surface area contributed by atoms with Gasteiger partial charge in [0.05, 0.1) is 0 Å². The average Bonchev–Trinajstić information content (AvgIpc) is 2.74. The molecule has 0 atom stereocenters. The van der Waals surface area contributed by atoms with Crippen LogP contribution in [-0.2, 0) is 13.1 Å². The molecule has 0 fully saturated rings. The average molecular weight is 354 g/mol. The standard InChI is InChI=1S/C15H16BrNO2S/c1-10-12(7-14(20-10)15(18)19)9-17(2)8-11-5-3-4-6-13(11)16/h3-7H,8-9H2,1-2H3,(H,18,19). The van der Waals surface area contributed by atoms with E-state index in [1.54, 1.807) is 6.07 Å². The zero-order valence-corrected chi connectivity index (χ0v) is 13.8. The van der Waals surface area contributed by atoms with Gasteiger partial charge in [-0.1, -0.05) is 34.1 Å². The molecule has 1 aromatic carbocycles. The van der Waals surface area contributed by atoms with Crippen LogP contribution in [0, 0.1) is 6.92 Å². The van der Waals surface area contributed by atoms with Crippen molar-refractivity contribution in [2.45, 2.75) is 20.0 Å². The molecule has 0 amide bonds. The summed E-state index contributed by atoms with van der Waals surface area (Å²) in [5, 5.41) is 9.02. The summed E-state index contributed by atoms with van der Waals surface area (Å²) in [4.78, 5) is 14.6. The van der Waals surface area contributed by atoms with Gasteiger partial charge in [-0.3, -0.25) is 4.90 Å². The lowest BCUT2D eigenvalue weighted by molar-refractivity contribution is 0.0702. The molecule has 5 heteroatoms. The van der Waals surface area contributed by atoms with Crippen molar-refractivity contribution < 1.29 is 9.90 Å². The van der Waals surface area contributed by atoms with E-state index in [1.807, 2.05) is 32.2 Å². The van der Waals surface area contributed by atoms with Crippen LogP contribution in [0.2, 0.25) is 0 Å². The van der Waals surface area contributed by atoms with Gasteiger partial charge >= 0.3 is 5.97 Å². The summed E-state index contributed by atoms with van der Waals surface area (Å²) in [6.07, 6.45) is 0. The summed E-state index contributed by atoms with van der Waals surface area (Å²) < 4.78 is 1.10. The number of halogens is 1. The maximum atomic E-state index is 11.0. The fourth-order valence-electron chi connectivity index (χ4n) is 2.05. The van der Waals surface area contributed by atoms with E-state index in [-0.39, 0.29) is 0 Å². The van der Waals surface area contributed by atoms with Crippen LogP contribution >= 0.6 is 27.3 Å². The van der Waals surface area contributed by atoms with Crippen molar-refractivity contribution in [2.24, 2.45) is 0 Å². The van der Waals surface area contributed by atoms with Crippen molar-refractivity contribution in [3.63, 3.8) is 0 Å². The van der Waals surface area contributed by atoms with E-state index in [2.05, 4.69) is 26.9 Å². The van der Waals surface area contributed by atoms with E-state index >= 15 is 0 Å². The smallest absolute Gasteiger partial charge is 0.345 e. The number of thiophene rings is 1. The van der Waals surface area contributed by atoms with E-state index in [0.717, 1.165) is 28.0 Å². The lowest BCUT2D eigenvalue weighted by Gasteiger charge is -2.17. The monoisotopic (exact) mass is 353 g/mol. The predicted octanol–water partition coefficient (Wildman–Crippen LogP) is 4.15. The van der Waals surface area contributed by atoms with Crippen LogP contribution in [0.3, 0.4) is 0 Å². The Balaban J connectivity index is 2.06. The van der Waals surface area contributed by atoms with E-state index in [0.29, 0.717) is 4.88 Å². The quantitative estimate of drug-likeness (QED) is 0.877. The number of nitrogens with zero attached hydrogens (tertiary/aromatic N) is 1. The Morgan fingerprint density at radius 3 is 2.55 bits per heavy atom. The topological polar surface area (TPSA) is 40.5 Å². The summed E-state index contributed by atoms with van der Waals surface area (Å²) in [7, 11) is 2.04. The molecule has 0 radical (unpaired) electrons. The molecule has 0 saturated heterocycles. The van der Waals surface area contributed by atoms with Crippen LogP contribution in [0.25, 0.3) is 0 Å². The summed E-state index contributed by atoms with van der Waals surface area (Å²) >= 11 is 4.88. The molecule has 3 nitrogen and oxygen atoms in total. The third kappa shape index (κ3) is 3.69. The number of hydrogen-bond donors (Lipinski definition) is 1. The van der Waals surface area contributed by atoms with Gasteiger partial charge in [0.2, 0.25) is 0 Å². The van der Waals surface area contributed by atoms with Gasteiger partial charge in [-0.05, 0) is 37.2 Å². The van der Waals surface area contributed by atoms with Gasteiger partial charge in [0.25, 0.3) is 0 Å². The second-order valence-corrected chi connectivity index (χ2v) is 6.87. The summed E-state index contributed by atoms with van der Waals surface area (Å²) in [5.74, 6) is -0.849. The molecule has 1 heterocycles. The van der Waals surface area contributed by atoms with E-state index in [4.69, 9.17) is 5.11 Å². The third-order valence-electron chi connectivity index (χ3n) is 3.07. The predicted molar refractivity (Wildman–Crippen MR) is 85.3 cm³/mol. The van der Waals surface area contributed by atoms with Crippen LogP contribution < -0.4 is 0 Å². The molecule has 2 rings (SSSR count). The largest absolute Gasteiger partial charge is 0.477 e. The van der Waals surface area contributed by atoms with Gasteiger partial charge in [0, 0.05) is 22.4 Å². The molecule has 2 aromatic rings. The Morgan fingerprint density at radius 2 is 1.95 bits per heavy atom. The number of carbonyl (C=O) groups is 1. The summed E-state index contributed by atoms with van der Waals surface area (Å²) in [5.41, 5.74) is 2.31. The van der Waals surface area contributed by atoms with Crippen LogP contribution in [0.5, 0.6) is 0 Å². The molecule has 0 aliphatic carbocycles. The molecule has 0 saturated carbocycles. The third-order valence-corrected chi connectivity index (χ3v) is 4.92. The molecule has 0 spiro atoms. The lowest BCUT2D eigenvalue weighted by atomic mass is 10.2. The molecular formula is C15H16BrNO2S. The molecule has 0 aliphatic rings. The number of hydrogen-bond acceptors (Lipinski definition) is 3. The van der Waals surface area contributed by atoms with Crippen molar-refractivity contribution in [1.29, 1.82) is 0 Å². The first-order valence-electron chi connectivity index (χ1n) is 6.22. The Bertz CT molecular complexity index is 624. The number of aryl methyl sites for hydroxylation is 1. The van der Waals surface area contributed by atoms with Gasteiger partial charge in [0.1, 0.15) is 4.88 Å². The normalized spacial score (nSPS) is 11.0. The van der Waals surface area contributed by atoms with Crippen LogP contribution in [0.1, 0.15) is 25.7 Å². The van der Waals surface area contributed by atoms with Gasteiger partial charge in [-0.15, -0.1) is 11.3 Å². The number of rotatable bonds is 5. The van der Waals surface area contributed by atoms with Gasteiger partial charge in [-0.25, -0.2) is 4.79 Å². The highest BCUT2D eigenvalue weighted by Gasteiger charge is 2.13. The Hall–Kier alpha value is -1.17. The first-order chi connectivity index (χ1) is 9.47. The van der Waals surface area contributed by atoms with E-state index < -0.39 is 5.97 Å². The van der Waals surface area contributed by atoms with Crippen LogP contribution in [0.4, 0.5) is 0 Å². The Kier molecular flexibility index (Phi) is 4.96. The number of carboxylic acid groups (broad SMARTS) is 1. The summed E-state index contributed by atoms with van der Waals surface area (Å²) in [6.45, 7) is 3.54. The van der Waals surface area contributed by atoms with Crippen molar-refractivity contribution in [3.05, 3.63) is 55.7 Å². The second-order valence-electron chi connectivity index (χ2n) is 4.76. The minimum absolute atomic E-state index is 0.409. The fraction of sp³-hybridized carbons (Fsp3) is 0.267. The lowest BCUT2D eigenvalue weighted by Crippen LogP contribution is -2.17. The van der Waals surface area contributed by atoms with E-state index in [1.165, 1.54) is 16.9 Å². The fourth-order valence-corrected chi connectivity index (χ4v) is 3.33. The Labute approximate surface area is 131 Å². The molecule has 0 bridgehead atoms. The second kappa shape index (κ2) is 6.52. The molecule has 106 valence electrons. The van der Waals surface area contributed by atoms with Gasteiger partial charge in [0.15, 0.2) is 0 Å². The number of benzene rings is 1. The van der Waals surface area contributed by atoms with Crippen molar-refractivity contribution in [1.82, 2.24) is 4.90 Å². The van der Waals surface area contributed by atoms with Crippen LogP contribution in [-0.4, -0.2) is 23.0 Å². The van der Waals surface area contributed by atoms with Crippen molar-refractivity contribution >= 4 is 33.2 Å². The van der Waals surface area contributed by atoms with Crippen LogP contribution in [0.15, 0.2) is 34.8 Å². The minimum atomic E-state index is -0.849. The Morgan fingerprint density at radius 1 is 1.30 bits per heavy atom. The number of carboxylic acids is 1. The molecule has 20 heavy (non-hydrogen) atoms. The zero-order chi connectivity index (χ0) is 14.7. The molecular weight excluding hydrogens is 338 g/mol. The SMILES string of the molecule is Cc1sc(C(=O)O)cc1CN(C)Cc1ccccc1Br. The summed E-state index contributed by atoms with van der Waals surface area (Å²) in [6, 6.07) is 9.91. The molecule has 0 unspecified atom stereocenters. The molecule has 0 aliphatic heterocycles. The van der Waals surface area contributed by atoms with Gasteiger partial charge in [-0.2, -0.15) is 0 Å². The van der Waals surface area contributed by atoms with Gasteiger partial charge < -0.3 is 5.11 Å². The van der Waals surface area contributed by atoms with Crippen molar-refractivity contribution in [3.8, 4) is 0 Å². The molecule has 1 N–H and O–H groups in total. The minimum Gasteiger partial charge on any atom is -0.477 e. The maximum Gasteiger partial charge on any atom is 0.345 e. The zero-order valence-electron chi connectivity index (χ0n) is 11.4. The maximum absolute atomic E-state index is 11.0.